The molecule has 14 nitrogen and oxygen atoms in total. The number of nitrogens with zero attached hydrogens (tertiary/aromatic N) is 3. The van der Waals surface area contributed by atoms with E-state index >= 15 is 0 Å². The van der Waals surface area contributed by atoms with Crippen LogP contribution in [0.2, 0.25) is 0 Å². The molecular formula is C38H50N6O8S3. The summed E-state index contributed by atoms with van der Waals surface area (Å²) in [6.45, 7) is 8.54. The maximum atomic E-state index is 14.6. The Balaban J connectivity index is 1.16. The van der Waals surface area contributed by atoms with Crippen LogP contribution in [0.1, 0.15) is 87.5 Å². The van der Waals surface area contributed by atoms with Crippen LogP contribution in [0.4, 0.5) is 4.79 Å². The average molecular weight is 815 g/mol. The zero-order valence-electron chi connectivity index (χ0n) is 31.7. The van der Waals surface area contributed by atoms with Gasteiger partial charge >= 0.3 is 6.09 Å². The number of fused-ring (bicyclic) bond motifs is 4. The number of likely N-dealkylation sites (tertiary alicyclic amines) is 1. The summed E-state index contributed by atoms with van der Waals surface area (Å²) in [5.74, 6) is -3.29. The number of thiazole rings is 1. The molecule has 0 radical (unpaired) electrons. The quantitative estimate of drug-likeness (QED) is 0.345. The Kier molecular flexibility index (Phi) is 10.9. The molecule has 0 spiro atoms. The first-order valence-corrected chi connectivity index (χ1v) is 22.4. The van der Waals surface area contributed by atoms with Crippen molar-refractivity contribution in [2.45, 2.75) is 102 Å². The molecule has 3 N–H and O–H groups in total. The Morgan fingerprint density at radius 3 is 2.56 bits per heavy atom. The number of aryl methyl sites for hydroxylation is 1. The molecule has 0 aromatic carbocycles. The summed E-state index contributed by atoms with van der Waals surface area (Å²) in [4.78, 5) is 79.8. The van der Waals surface area contributed by atoms with Crippen LogP contribution in [0, 0.1) is 30.1 Å². The molecule has 55 heavy (non-hydrogen) atoms. The fourth-order valence-electron chi connectivity index (χ4n) is 7.90. The summed E-state index contributed by atoms with van der Waals surface area (Å²) in [6, 6.07) is 1.92. The van der Waals surface area contributed by atoms with Gasteiger partial charge < -0.3 is 25.2 Å². The van der Waals surface area contributed by atoms with Crippen LogP contribution >= 0.6 is 22.7 Å². The fraction of sp³-hybridized carbons (Fsp3) is 0.632. The highest BCUT2D eigenvalue weighted by Gasteiger charge is 2.63. The number of carbonyl (C=O) groups excluding carboxylic acids is 5. The van der Waals surface area contributed by atoms with E-state index in [1.165, 1.54) is 16.2 Å². The minimum absolute atomic E-state index is 0.143. The van der Waals surface area contributed by atoms with E-state index in [1.807, 2.05) is 52.0 Å². The van der Waals surface area contributed by atoms with Crippen molar-refractivity contribution in [3.8, 4) is 9.88 Å². The number of nitrogens with one attached hydrogen (secondary N) is 3. The Labute approximate surface area is 329 Å². The first-order chi connectivity index (χ1) is 26.0. The summed E-state index contributed by atoms with van der Waals surface area (Å²) in [5, 5.41) is 7.56. The number of thiophene rings is 1. The van der Waals surface area contributed by atoms with Crippen molar-refractivity contribution in [1.29, 1.82) is 0 Å². The molecule has 5 heterocycles. The first kappa shape index (κ1) is 39.4. The highest BCUT2D eigenvalue weighted by molar-refractivity contribution is 7.91. The summed E-state index contributed by atoms with van der Waals surface area (Å²) in [5.41, 5.74) is -1.49. The minimum Gasteiger partial charge on any atom is -0.449 e. The van der Waals surface area contributed by atoms with Crippen molar-refractivity contribution in [3.63, 3.8) is 0 Å². The lowest BCUT2D eigenvalue weighted by atomic mass is 9.93. The monoisotopic (exact) mass is 814 g/mol. The third-order valence-corrected chi connectivity index (χ3v) is 14.9. The van der Waals surface area contributed by atoms with Crippen LogP contribution in [0.15, 0.2) is 29.7 Å². The maximum absolute atomic E-state index is 14.6. The van der Waals surface area contributed by atoms with Crippen molar-refractivity contribution in [2.24, 2.45) is 23.2 Å². The second-order valence-corrected chi connectivity index (χ2v) is 21.0. The largest absolute Gasteiger partial charge is 0.449 e. The number of ether oxygens (including phenoxy) is 1. The number of allylic oxidation sites excluding steroid dienone is 1. The summed E-state index contributed by atoms with van der Waals surface area (Å²) >= 11 is 2.99. The van der Waals surface area contributed by atoms with Crippen LogP contribution in [0.3, 0.4) is 0 Å². The van der Waals surface area contributed by atoms with Crippen molar-refractivity contribution < 1.29 is 37.1 Å². The van der Waals surface area contributed by atoms with Gasteiger partial charge in [-0.3, -0.25) is 23.9 Å². The molecule has 2 aromatic rings. The normalized spacial score (nSPS) is 29.2. The highest BCUT2D eigenvalue weighted by atomic mass is 32.2. The molecule has 4 fully saturated rings. The molecule has 2 aliphatic carbocycles. The number of carbonyl (C=O) groups is 5. The van der Waals surface area contributed by atoms with Crippen LogP contribution in [0.5, 0.6) is 0 Å². The van der Waals surface area contributed by atoms with E-state index in [-0.39, 0.29) is 49.9 Å². The van der Waals surface area contributed by atoms with Gasteiger partial charge in [0.2, 0.25) is 21.8 Å². The smallest absolute Gasteiger partial charge is 0.407 e. The lowest BCUT2D eigenvalue weighted by Gasteiger charge is -2.33. The summed E-state index contributed by atoms with van der Waals surface area (Å²) < 4.78 is 33.5. The SMILES string of the molecule is Cc1ccc(-c2nc(C(=O)N3C[C@H]4CN5C(=O)[C@@H](NC(=O)OCC(C)(C)C)CCCCC/C=C\[C@H]6C[C@@]6(C(=O)NS(=O)(=O)C6CC6)NC(=O)[C@@H]5[C@H]4C3)cs2)s1. The van der Waals surface area contributed by atoms with E-state index in [4.69, 9.17) is 4.74 Å². The molecule has 2 saturated carbocycles. The van der Waals surface area contributed by atoms with Gasteiger partial charge in [0, 0.05) is 47.6 Å². The molecular weight excluding hydrogens is 765 g/mol. The molecule has 0 bridgehead atoms. The predicted octanol–water partition coefficient (Wildman–Crippen LogP) is 4.22. The lowest BCUT2D eigenvalue weighted by Crippen LogP contribution is -2.60. The zero-order chi connectivity index (χ0) is 39.3. The van der Waals surface area contributed by atoms with E-state index in [1.54, 1.807) is 21.6 Å². The fourth-order valence-corrected chi connectivity index (χ4v) is 11.0. The van der Waals surface area contributed by atoms with Crippen molar-refractivity contribution in [3.05, 3.63) is 40.2 Å². The minimum atomic E-state index is -3.90. The lowest BCUT2D eigenvalue weighted by molar-refractivity contribution is -0.142. The molecule has 0 unspecified atom stereocenters. The van der Waals surface area contributed by atoms with Gasteiger partial charge in [0.25, 0.3) is 11.8 Å². The number of hydrogen-bond acceptors (Lipinski definition) is 11. The number of aromatic nitrogens is 1. The molecule has 2 saturated heterocycles. The topological polar surface area (TPSA) is 184 Å². The van der Waals surface area contributed by atoms with E-state index in [0.717, 1.165) is 27.6 Å². The van der Waals surface area contributed by atoms with Gasteiger partial charge in [0.05, 0.1) is 16.7 Å². The third kappa shape index (κ3) is 8.63. The van der Waals surface area contributed by atoms with E-state index < -0.39 is 68.5 Å². The van der Waals surface area contributed by atoms with Gasteiger partial charge in [0.15, 0.2) is 0 Å². The van der Waals surface area contributed by atoms with Crippen molar-refractivity contribution in [1.82, 2.24) is 30.1 Å². The Morgan fingerprint density at radius 2 is 1.85 bits per heavy atom. The number of hydrogen-bond donors (Lipinski definition) is 3. The number of amides is 5. The van der Waals surface area contributed by atoms with Crippen LogP contribution < -0.4 is 15.4 Å². The molecule has 17 heteroatoms. The van der Waals surface area contributed by atoms with Crippen molar-refractivity contribution in [2.75, 3.05) is 26.2 Å². The molecule has 298 valence electrons. The van der Waals surface area contributed by atoms with Crippen LogP contribution in [-0.4, -0.2) is 102 Å². The number of sulfonamides is 1. The predicted molar refractivity (Wildman–Crippen MR) is 208 cm³/mol. The molecule has 2 aromatic heterocycles. The molecule has 7 rings (SSSR count). The molecule has 6 atom stereocenters. The van der Waals surface area contributed by atoms with E-state index in [0.29, 0.717) is 37.8 Å². The third-order valence-electron chi connectivity index (χ3n) is 11.1. The first-order valence-electron chi connectivity index (χ1n) is 19.1. The van der Waals surface area contributed by atoms with Crippen molar-refractivity contribution >= 4 is 62.4 Å². The zero-order valence-corrected chi connectivity index (χ0v) is 34.1. The second kappa shape index (κ2) is 15.3. The van der Waals surface area contributed by atoms with Crippen LogP contribution in [0.25, 0.3) is 9.88 Å². The summed E-state index contributed by atoms with van der Waals surface area (Å²) in [6.07, 6.45) is 7.49. The Hall–Kier alpha value is -3.83. The van der Waals surface area contributed by atoms with Gasteiger partial charge in [-0.2, -0.15) is 0 Å². The molecule has 5 aliphatic rings. The Morgan fingerprint density at radius 1 is 1.07 bits per heavy atom. The summed E-state index contributed by atoms with van der Waals surface area (Å²) in [7, 11) is -3.90. The van der Waals surface area contributed by atoms with Gasteiger partial charge in [-0.15, -0.1) is 22.7 Å². The Bertz CT molecular complexity index is 1980. The number of rotatable bonds is 7. The second-order valence-electron chi connectivity index (χ2n) is 16.9. The maximum Gasteiger partial charge on any atom is 0.407 e. The average Bonchev–Trinajstić information content (AvgIpc) is 3.83. The molecule has 3 aliphatic heterocycles. The number of alkyl carbamates (subject to hydrolysis) is 1. The standard InChI is InChI=1S/C38H50N6O8S3/c1-22-12-15-29(54-22)32-39-28(20-53-32)33(46)43-17-23-18-44-30(26(23)19-43)31(45)41-38(35(48)42-55(50,51)25-13-14-25)16-24(38)10-8-6-5-7-9-11-27(34(44)47)40-36(49)52-21-37(2,3)4/h8,10,12,15,20,23-27,30H,5-7,9,11,13-14,16-19,21H2,1-4H3,(H,40,49)(H,41,45)(H,42,48)/b10-8-/t23-,24-,26-,27-,30-,38+/m0/s1. The van der Waals surface area contributed by atoms with Gasteiger partial charge in [-0.1, -0.05) is 45.8 Å². The van der Waals surface area contributed by atoms with Gasteiger partial charge in [-0.25, -0.2) is 18.2 Å². The van der Waals surface area contributed by atoms with Gasteiger partial charge in [0.1, 0.15) is 28.3 Å². The molecule has 5 amide bonds. The van der Waals surface area contributed by atoms with Gasteiger partial charge in [-0.05, 0) is 63.0 Å². The van der Waals surface area contributed by atoms with Crippen LogP contribution in [-0.2, 0) is 29.1 Å². The highest BCUT2D eigenvalue weighted by Crippen LogP contribution is 2.47. The van der Waals surface area contributed by atoms with E-state index in [2.05, 4.69) is 20.3 Å². The van der Waals surface area contributed by atoms with E-state index in [9.17, 15) is 32.4 Å².